The van der Waals surface area contributed by atoms with Gasteiger partial charge in [0, 0.05) is 7.05 Å². The Morgan fingerprint density at radius 3 is 2.72 bits per heavy atom. The van der Waals surface area contributed by atoms with E-state index in [1.165, 1.54) is 5.51 Å². The molecule has 0 spiro atoms. The maximum atomic E-state index is 11.8. The lowest BCUT2D eigenvalue weighted by molar-refractivity contribution is -0.117. The molecule has 1 N–H and O–H groups in total. The average molecular weight is 267 g/mol. The highest BCUT2D eigenvalue weighted by molar-refractivity contribution is 7.06. The lowest BCUT2D eigenvalue weighted by Crippen LogP contribution is -2.25. The van der Waals surface area contributed by atoms with Crippen LogP contribution in [-0.4, -0.2) is 25.5 Å². The van der Waals surface area contributed by atoms with Crippen LogP contribution < -0.4 is 10.2 Å². The Morgan fingerprint density at radius 1 is 1.50 bits per heavy atom. The number of aromatic nitrogens is 4. The molecule has 0 atom stereocenters. The smallest absolute Gasteiger partial charge is 0.321 e. The molecule has 2 aromatic rings. The third-order valence-corrected chi connectivity index (χ3v) is 3.23. The maximum Gasteiger partial charge on any atom is 0.325 e. The Bertz CT molecular complexity index is 639. The zero-order valence-electron chi connectivity index (χ0n) is 10.3. The minimum Gasteiger partial charge on any atom is -0.321 e. The fraction of sp³-hybridized carbons (Fsp3) is 0.400. The molecule has 8 heteroatoms. The van der Waals surface area contributed by atoms with E-state index in [0.29, 0.717) is 5.69 Å². The van der Waals surface area contributed by atoms with E-state index in [4.69, 9.17) is 0 Å². The van der Waals surface area contributed by atoms with Crippen LogP contribution >= 0.6 is 11.3 Å². The van der Waals surface area contributed by atoms with Gasteiger partial charge in [0.05, 0.1) is 17.1 Å². The van der Waals surface area contributed by atoms with Crippen molar-refractivity contribution >= 4 is 22.9 Å². The molecule has 2 heterocycles. The first-order valence-corrected chi connectivity index (χ1v) is 6.17. The van der Waals surface area contributed by atoms with Gasteiger partial charge in [0.25, 0.3) is 0 Å². The minimum absolute atomic E-state index is 0.0872. The number of carbonyl (C=O) groups excluding carboxylic acids is 1. The average Bonchev–Trinajstić information content (AvgIpc) is 2.79. The van der Waals surface area contributed by atoms with Crippen LogP contribution in [0.4, 0.5) is 5.69 Å². The molecule has 0 aromatic carbocycles. The first-order chi connectivity index (χ1) is 8.49. The summed E-state index contributed by atoms with van der Waals surface area (Å²) >= 11 is 0.963. The SMILES string of the molecule is Cc1nn(C)c(C)c1NC(=O)Cn1ncsc1=O. The highest BCUT2D eigenvalue weighted by atomic mass is 32.1. The quantitative estimate of drug-likeness (QED) is 0.866. The van der Waals surface area contributed by atoms with Crippen LogP contribution in [0.3, 0.4) is 0 Å². The van der Waals surface area contributed by atoms with Crippen LogP contribution in [0.1, 0.15) is 11.4 Å². The summed E-state index contributed by atoms with van der Waals surface area (Å²) in [6.45, 7) is 3.60. The molecule has 7 nitrogen and oxygen atoms in total. The van der Waals surface area contributed by atoms with Crippen LogP contribution in [0.15, 0.2) is 10.3 Å². The Balaban J connectivity index is 2.13. The van der Waals surface area contributed by atoms with E-state index < -0.39 is 0 Å². The summed E-state index contributed by atoms with van der Waals surface area (Å²) < 4.78 is 2.82. The third kappa shape index (κ3) is 2.33. The predicted octanol–water partition coefficient (Wildman–Crippen LogP) is 0.294. The van der Waals surface area contributed by atoms with Crippen molar-refractivity contribution in [2.45, 2.75) is 20.4 Å². The number of aryl methyl sites for hydroxylation is 2. The monoisotopic (exact) mass is 267 g/mol. The highest BCUT2D eigenvalue weighted by Gasteiger charge is 2.13. The fourth-order valence-electron chi connectivity index (χ4n) is 1.61. The predicted molar refractivity (Wildman–Crippen MR) is 67.7 cm³/mol. The molecule has 2 rings (SSSR count). The van der Waals surface area contributed by atoms with Crippen molar-refractivity contribution < 1.29 is 4.79 Å². The van der Waals surface area contributed by atoms with Crippen molar-refractivity contribution in [3.05, 3.63) is 26.6 Å². The lowest BCUT2D eigenvalue weighted by atomic mass is 10.3. The highest BCUT2D eigenvalue weighted by Crippen LogP contribution is 2.17. The summed E-state index contributed by atoms with van der Waals surface area (Å²) in [4.78, 5) is 22.8. The first kappa shape index (κ1) is 12.5. The van der Waals surface area contributed by atoms with Gasteiger partial charge < -0.3 is 5.32 Å². The molecule has 2 aromatic heterocycles. The molecule has 0 aliphatic heterocycles. The van der Waals surface area contributed by atoms with Gasteiger partial charge in [0.2, 0.25) is 5.91 Å². The molecular formula is C10H13N5O2S. The van der Waals surface area contributed by atoms with Gasteiger partial charge in [-0.25, -0.2) is 4.68 Å². The van der Waals surface area contributed by atoms with Gasteiger partial charge >= 0.3 is 4.87 Å². The fourth-order valence-corrected chi connectivity index (χ4v) is 2.09. The van der Waals surface area contributed by atoms with Crippen molar-refractivity contribution in [1.29, 1.82) is 0 Å². The van der Waals surface area contributed by atoms with Crippen LogP contribution in [0.5, 0.6) is 0 Å². The number of nitrogens with one attached hydrogen (secondary N) is 1. The molecule has 18 heavy (non-hydrogen) atoms. The zero-order valence-corrected chi connectivity index (χ0v) is 11.1. The Labute approximate surface area is 107 Å². The molecule has 1 amide bonds. The van der Waals surface area contributed by atoms with Gasteiger partial charge in [0.15, 0.2) is 0 Å². The zero-order chi connectivity index (χ0) is 13.3. The van der Waals surface area contributed by atoms with E-state index in [1.807, 2.05) is 20.9 Å². The van der Waals surface area contributed by atoms with Crippen molar-refractivity contribution in [3.8, 4) is 0 Å². The second kappa shape index (κ2) is 4.73. The Hall–Kier alpha value is -1.96. The number of nitrogens with zero attached hydrogens (tertiary/aromatic N) is 4. The van der Waals surface area contributed by atoms with Gasteiger partial charge in [-0.3, -0.25) is 14.3 Å². The molecule has 0 aliphatic rings. The molecule has 0 unspecified atom stereocenters. The summed E-state index contributed by atoms with van der Waals surface area (Å²) in [5.41, 5.74) is 3.71. The molecule has 0 radical (unpaired) electrons. The molecule has 0 aliphatic carbocycles. The van der Waals surface area contributed by atoms with Crippen LogP contribution in [0, 0.1) is 13.8 Å². The van der Waals surface area contributed by atoms with Gasteiger partial charge in [0.1, 0.15) is 12.1 Å². The van der Waals surface area contributed by atoms with Crippen LogP contribution in [0.2, 0.25) is 0 Å². The van der Waals surface area contributed by atoms with Gasteiger partial charge in [-0.1, -0.05) is 11.3 Å². The number of hydrogen-bond acceptors (Lipinski definition) is 5. The van der Waals surface area contributed by atoms with E-state index >= 15 is 0 Å². The van der Waals surface area contributed by atoms with Gasteiger partial charge in [-0.15, -0.1) is 0 Å². The molecule has 96 valence electrons. The van der Waals surface area contributed by atoms with E-state index in [1.54, 1.807) is 4.68 Å². The standard InChI is InChI=1S/C10H13N5O2S/c1-6-9(7(2)14(3)13-6)12-8(16)4-15-10(17)18-5-11-15/h5H,4H2,1-3H3,(H,12,16). The van der Waals surface area contributed by atoms with Crippen molar-refractivity contribution in [2.75, 3.05) is 5.32 Å². The molecule has 0 bridgehead atoms. The Morgan fingerprint density at radius 2 is 2.22 bits per heavy atom. The molecular weight excluding hydrogens is 254 g/mol. The molecule has 0 saturated heterocycles. The van der Waals surface area contributed by atoms with Gasteiger partial charge in [-0.05, 0) is 13.8 Å². The van der Waals surface area contributed by atoms with Gasteiger partial charge in [-0.2, -0.15) is 10.2 Å². The minimum atomic E-state index is -0.290. The normalized spacial score (nSPS) is 10.6. The summed E-state index contributed by atoms with van der Waals surface area (Å²) in [6.07, 6.45) is 0. The maximum absolute atomic E-state index is 11.8. The largest absolute Gasteiger partial charge is 0.325 e. The van der Waals surface area contributed by atoms with E-state index in [9.17, 15) is 9.59 Å². The van der Waals surface area contributed by atoms with Crippen molar-refractivity contribution in [2.24, 2.45) is 7.05 Å². The number of hydrogen-bond donors (Lipinski definition) is 1. The molecule has 0 fully saturated rings. The Kier molecular flexibility index (Phi) is 3.28. The number of amides is 1. The summed E-state index contributed by atoms with van der Waals surface area (Å²) in [5.74, 6) is -0.290. The third-order valence-electron chi connectivity index (χ3n) is 2.62. The van der Waals surface area contributed by atoms with Crippen LogP contribution in [0.25, 0.3) is 0 Å². The second-order valence-electron chi connectivity index (χ2n) is 3.88. The summed E-state index contributed by atoms with van der Waals surface area (Å²) in [7, 11) is 1.81. The topological polar surface area (TPSA) is 81.8 Å². The number of anilines is 1. The van der Waals surface area contributed by atoms with Crippen LogP contribution in [-0.2, 0) is 18.4 Å². The second-order valence-corrected chi connectivity index (χ2v) is 4.68. The lowest BCUT2D eigenvalue weighted by Gasteiger charge is -2.05. The van der Waals surface area contributed by atoms with Crippen molar-refractivity contribution in [3.63, 3.8) is 0 Å². The van der Waals surface area contributed by atoms with E-state index in [2.05, 4.69) is 15.5 Å². The van der Waals surface area contributed by atoms with E-state index in [-0.39, 0.29) is 17.3 Å². The van der Waals surface area contributed by atoms with E-state index in [0.717, 1.165) is 27.4 Å². The summed E-state index contributed by atoms with van der Waals surface area (Å²) in [6, 6.07) is 0. The van der Waals surface area contributed by atoms with Crippen molar-refractivity contribution in [1.82, 2.24) is 19.6 Å². The summed E-state index contributed by atoms with van der Waals surface area (Å²) in [5, 5.41) is 10.7. The number of rotatable bonds is 3. The molecule has 0 saturated carbocycles. The number of carbonyl (C=O) groups is 1. The first-order valence-electron chi connectivity index (χ1n) is 5.29.